The van der Waals surface area contributed by atoms with Gasteiger partial charge in [0.15, 0.2) is 0 Å². The summed E-state index contributed by atoms with van der Waals surface area (Å²) in [5.41, 5.74) is 7.79. The van der Waals surface area contributed by atoms with E-state index in [1.807, 2.05) is 32.9 Å². The zero-order chi connectivity index (χ0) is 13.3. The molecule has 0 fully saturated rings. The zero-order valence-electron chi connectivity index (χ0n) is 11.6. The fourth-order valence-electron chi connectivity index (χ4n) is 1.73. The van der Waals surface area contributed by atoms with Crippen LogP contribution < -0.4 is 5.73 Å². The van der Waals surface area contributed by atoms with Crippen LogP contribution in [-0.4, -0.2) is 11.7 Å². The minimum absolute atomic E-state index is 0.00872. The molecule has 1 atom stereocenters. The summed E-state index contributed by atoms with van der Waals surface area (Å²) in [7, 11) is 0. The first-order chi connectivity index (χ1) is 7.68. The van der Waals surface area contributed by atoms with Gasteiger partial charge >= 0.3 is 0 Å². The lowest BCUT2D eigenvalue weighted by atomic mass is 9.81. The molecule has 1 rings (SSSR count). The van der Waals surface area contributed by atoms with Crippen molar-refractivity contribution in [2.75, 3.05) is 6.54 Å². The molecular formula is C15H25NO. The van der Waals surface area contributed by atoms with Crippen LogP contribution in [0.2, 0.25) is 0 Å². The Morgan fingerprint density at radius 2 is 1.53 bits per heavy atom. The number of hydrogen-bond donors (Lipinski definition) is 2. The molecule has 2 nitrogen and oxygen atoms in total. The number of aliphatic hydroxyl groups excluding tert-OH is 1. The Morgan fingerprint density at radius 3 is 1.88 bits per heavy atom. The molecule has 1 aromatic carbocycles. The molecule has 96 valence electrons. The Labute approximate surface area is 105 Å². The normalized spacial score (nSPS) is 14.8. The lowest BCUT2D eigenvalue weighted by Crippen LogP contribution is -2.28. The summed E-state index contributed by atoms with van der Waals surface area (Å²) in [5, 5.41) is 10.2. The highest BCUT2D eigenvalue weighted by molar-refractivity contribution is 5.30. The van der Waals surface area contributed by atoms with Gasteiger partial charge in [0, 0.05) is 12.0 Å². The second kappa shape index (κ2) is 4.79. The van der Waals surface area contributed by atoms with Crippen molar-refractivity contribution in [2.24, 2.45) is 11.1 Å². The van der Waals surface area contributed by atoms with E-state index in [1.54, 1.807) is 0 Å². The van der Waals surface area contributed by atoms with E-state index < -0.39 is 6.10 Å². The first-order valence-electron chi connectivity index (χ1n) is 6.17. The molecule has 1 unspecified atom stereocenters. The summed E-state index contributed by atoms with van der Waals surface area (Å²) in [6.45, 7) is 11.0. The third kappa shape index (κ3) is 3.30. The molecule has 0 aliphatic heterocycles. The second-order valence-electron chi connectivity index (χ2n) is 6.48. The molecule has 0 saturated heterocycles. The molecule has 0 spiro atoms. The highest BCUT2D eigenvalue weighted by atomic mass is 16.3. The highest BCUT2D eigenvalue weighted by Crippen LogP contribution is 2.33. The van der Waals surface area contributed by atoms with Crippen LogP contribution in [0.4, 0.5) is 0 Å². The molecule has 0 aromatic heterocycles. The maximum absolute atomic E-state index is 10.2. The predicted octanol–water partition coefficient (Wildman–Crippen LogP) is 3.00. The average molecular weight is 235 g/mol. The second-order valence-corrected chi connectivity index (χ2v) is 6.48. The molecule has 1 aromatic rings. The van der Waals surface area contributed by atoms with Crippen molar-refractivity contribution in [2.45, 2.75) is 46.1 Å². The quantitative estimate of drug-likeness (QED) is 0.846. The molecule has 0 aliphatic carbocycles. The van der Waals surface area contributed by atoms with Crippen molar-refractivity contribution in [3.63, 3.8) is 0 Å². The van der Waals surface area contributed by atoms with Gasteiger partial charge in [-0.05, 0) is 16.5 Å². The minimum atomic E-state index is -0.433. The fourth-order valence-corrected chi connectivity index (χ4v) is 1.73. The molecule has 2 heteroatoms. The Bertz CT molecular complexity index is 360. The van der Waals surface area contributed by atoms with Crippen LogP contribution in [0.25, 0.3) is 0 Å². The monoisotopic (exact) mass is 235 g/mol. The first kappa shape index (κ1) is 14.2. The Morgan fingerprint density at radius 1 is 1.06 bits per heavy atom. The van der Waals surface area contributed by atoms with Gasteiger partial charge in [0.1, 0.15) is 0 Å². The van der Waals surface area contributed by atoms with Crippen molar-refractivity contribution in [1.29, 1.82) is 0 Å². The fraction of sp³-hybridized carbons (Fsp3) is 0.600. The van der Waals surface area contributed by atoms with Crippen molar-refractivity contribution in [3.05, 3.63) is 35.4 Å². The standard InChI is InChI=1S/C15H25NO/c1-14(2,3)13(17)11-6-8-12(9-7-11)15(4,5)10-16/h6-9,13,17H,10,16H2,1-5H3. The van der Waals surface area contributed by atoms with Gasteiger partial charge in [0.25, 0.3) is 0 Å². The molecule has 0 amide bonds. The van der Waals surface area contributed by atoms with Gasteiger partial charge in [-0.15, -0.1) is 0 Å². The van der Waals surface area contributed by atoms with Gasteiger partial charge in [-0.1, -0.05) is 58.9 Å². The number of aliphatic hydroxyl groups is 1. The van der Waals surface area contributed by atoms with Crippen LogP contribution in [0.3, 0.4) is 0 Å². The number of benzene rings is 1. The summed E-state index contributed by atoms with van der Waals surface area (Å²) < 4.78 is 0. The van der Waals surface area contributed by atoms with Crippen LogP contribution in [0, 0.1) is 5.41 Å². The number of hydrogen-bond acceptors (Lipinski definition) is 2. The van der Waals surface area contributed by atoms with Crippen molar-refractivity contribution in [3.8, 4) is 0 Å². The van der Waals surface area contributed by atoms with Crippen molar-refractivity contribution in [1.82, 2.24) is 0 Å². The van der Waals surface area contributed by atoms with Gasteiger partial charge in [-0.3, -0.25) is 0 Å². The maximum Gasteiger partial charge on any atom is 0.0838 e. The summed E-state index contributed by atoms with van der Waals surface area (Å²) >= 11 is 0. The minimum Gasteiger partial charge on any atom is -0.388 e. The van der Waals surface area contributed by atoms with E-state index in [-0.39, 0.29) is 10.8 Å². The smallest absolute Gasteiger partial charge is 0.0838 e. The molecular weight excluding hydrogens is 210 g/mol. The highest BCUT2D eigenvalue weighted by Gasteiger charge is 2.24. The Kier molecular flexibility index (Phi) is 4.00. The Balaban J connectivity index is 2.97. The molecule has 0 radical (unpaired) electrons. The Hall–Kier alpha value is -0.860. The lowest BCUT2D eigenvalue weighted by molar-refractivity contribution is 0.0626. The molecule has 3 N–H and O–H groups in total. The number of nitrogens with two attached hydrogens (primary N) is 1. The summed E-state index contributed by atoms with van der Waals surface area (Å²) in [4.78, 5) is 0. The third-order valence-corrected chi connectivity index (χ3v) is 3.34. The predicted molar refractivity (Wildman–Crippen MR) is 72.9 cm³/mol. The topological polar surface area (TPSA) is 46.2 Å². The van der Waals surface area contributed by atoms with E-state index in [4.69, 9.17) is 5.73 Å². The third-order valence-electron chi connectivity index (χ3n) is 3.34. The summed E-state index contributed by atoms with van der Waals surface area (Å²) in [6, 6.07) is 8.14. The molecule has 17 heavy (non-hydrogen) atoms. The maximum atomic E-state index is 10.2. The first-order valence-corrected chi connectivity index (χ1v) is 6.17. The molecule has 0 aliphatic rings. The van der Waals surface area contributed by atoms with Crippen LogP contribution in [0.1, 0.15) is 51.8 Å². The van der Waals surface area contributed by atoms with Crippen LogP contribution in [-0.2, 0) is 5.41 Å². The SMILES string of the molecule is CC(C)(CN)c1ccc(C(O)C(C)(C)C)cc1. The van der Waals surface area contributed by atoms with E-state index in [2.05, 4.69) is 26.0 Å². The van der Waals surface area contributed by atoms with Gasteiger partial charge in [-0.25, -0.2) is 0 Å². The van der Waals surface area contributed by atoms with Crippen molar-refractivity contribution >= 4 is 0 Å². The van der Waals surface area contributed by atoms with E-state index in [9.17, 15) is 5.11 Å². The average Bonchev–Trinajstić information content (AvgIpc) is 2.27. The van der Waals surface area contributed by atoms with Gasteiger partial charge in [0.05, 0.1) is 6.10 Å². The van der Waals surface area contributed by atoms with Gasteiger partial charge in [-0.2, -0.15) is 0 Å². The lowest BCUT2D eigenvalue weighted by Gasteiger charge is -2.28. The van der Waals surface area contributed by atoms with E-state index in [0.29, 0.717) is 6.54 Å². The summed E-state index contributed by atoms with van der Waals surface area (Å²) in [5.74, 6) is 0. The largest absolute Gasteiger partial charge is 0.388 e. The molecule has 0 saturated carbocycles. The van der Waals surface area contributed by atoms with Crippen LogP contribution in [0.5, 0.6) is 0 Å². The van der Waals surface area contributed by atoms with Gasteiger partial charge in [0.2, 0.25) is 0 Å². The molecule has 0 heterocycles. The van der Waals surface area contributed by atoms with Crippen LogP contribution in [0.15, 0.2) is 24.3 Å². The van der Waals surface area contributed by atoms with E-state index >= 15 is 0 Å². The summed E-state index contributed by atoms with van der Waals surface area (Å²) in [6.07, 6.45) is -0.433. The van der Waals surface area contributed by atoms with E-state index in [1.165, 1.54) is 5.56 Å². The number of rotatable bonds is 3. The molecule has 0 bridgehead atoms. The zero-order valence-corrected chi connectivity index (χ0v) is 11.6. The van der Waals surface area contributed by atoms with E-state index in [0.717, 1.165) is 5.56 Å². The van der Waals surface area contributed by atoms with Gasteiger partial charge < -0.3 is 10.8 Å². The van der Waals surface area contributed by atoms with Crippen molar-refractivity contribution < 1.29 is 5.11 Å². The van der Waals surface area contributed by atoms with Crippen LogP contribution >= 0.6 is 0 Å².